The van der Waals surface area contributed by atoms with Gasteiger partial charge < -0.3 is 24.7 Å². The Bertz CT molecular complexity index is 1090. The van der Waals surface area contributed by atoms with E-state index in [4.69, 9.17) is 14.5 Å². The Balaban J connectivity index is 0.000000998. The SMILES string of the molecule is CC.CCC.CCCN(CCC)c1cc(OCCN2CCOCC2)cc(Nc2ccc3[nH]c(C)c(C)c3c2)n1. The van der Waals surface area contributed by atoms with E-state index in [-0.39, 0.29) is 0 Å². The molecule has 1 saturated heterocycles. The first kappa shape index (κ1) is 32.4. The summed E-state index contributed by atoms with van der Waals surface area (Å²) in [5.41, 5.74) is 4.67. The summed E-state index contributed by atoms with van der Waals surface area (Å²) in [5.74, 6) is 2.62. The van der Waals surface area contributed by atoms with Gasteiger partial charge in [-0.25, -0.2) is 4.98 Å². The number of aromatic amines is 1. The molecule has 3 aromatic rings. The number of aromatic nitrogens is 2. The average Bonchev–Trinajstić information content (AvgIpc) is 3.23. The molecule has 3 heterocycles. The molecule has 0 aliphatic carbocycles. The first-order chi connectivity index (χ1) is 19.0. The van der Waals surface area contributed by atoms with Gasteiger partial charge in [-0.05, 0) is 50.5 Å². The van der Waals surface area contributed by atoms with E-state index < -0.39 is 0 Å². The summed E-state index contributed by atoms with van der Waals surface area (Å²) in [6.45, 7) is 24.0. The van der Waals surface area contributed by atoms with Crippen LogP contribution < -0.4 is 15.0 Å². The summed E-state index contributed by atoms with van der Waals surface area (Å²) >= 11 is 0. The summed E-state index contributed by atoms with van der Waals surface area (Å²) in [6.07, 6.45) is 3.41. The van der Waals surface area contributed by atoms with Crippen LogP contribution >= 0.6 is 0 Å². The minimum atomic E-state index is 0.651. The second-order valence-electron chi connectivity index (χ2n) is 9.80. The number of morpholine rings is 1. The molecule has 1 fully saturated rings. The van der Waals surface area contributed by atoms with E-state index in [0.717, 1.165) is 87.4 Å². The Labute approximate surface area is 237 Å². The number of nitrogens with zero attached hydrogens (tertiary/aromatic N) is 3. The Kier molecular flexibility index (Phi) is 14.8. The molecule has 1 aliphatic rings. The number of aryl methyl sites for hydroxylation is 2. The molecule has 2 aromatic heterocycles. The van der Waals surface area contributed by atoms with Crippen molar-refractivity contribution >= 4 is 28.2 Å². The molecular weight excluding hydrogens is 486 g/mol. The summed E-state index contributed by atoms with van der Waals surface area (Å²) in [4.78, 5) is 13.2. The Hall–Kier alpha value is -2.77. The van der Waals surface area contributed by atoms with Crippen LogP contribution in [-0.2, 0) is 4.74 Å². The van der Waals surface area contributed by atoms with Crippen LogP contribution in [0.15, 0.2) is 30.3 Å². The maximum absolute atomic E-state index is 6.23. The van der Waals surface area contributed by atoms with E-state index in [1.807, 2.05) is 19.9 Å². The van der Waals surface area contributed by atoms with Gasteiger partial charge in [0, 0.05) is 67.1 Å². The lowest BCUT2D eigenvalue weighted by atomic mass is 10.1. The normalized spacial score (nSPS) is 13.2. The fraction of sp³-hybridized carbons (Fsp3) is 0.594. The van der Waals surface area contributed by atoms with Crippen molar-refractivity contribution in [2.75, 3.05) is 62.8 Å². The lowest BCUT2D eigenvalue weighted by Gasteiger charge is -2.27. The monoisotopic (exact) mass is 539 g/mol. The first-order valence-electron chi connectivity index (χ1n) is 15.0. The molecule has 0 amide bonds. The van der Waals surface area contributed by atoms with Crippen molar-refractivity contribution in [1.82, 2.24) is 14.9 Å². The number of nitrogens with one attached hydrogen (secondary N) is 2. The molecule has 218 valence electrons. The molecule has 39 heavy (non-hydrogen) atoms. The molecule has 4 rings (SSSR count). The van der Waals surface area contributed by atoms with Gasteiger partial charge in [0.05, 0.1) is 13.2 Å². The molecule has 0 bridgehead atoms. The number of rotatable bonds is 11. The van der Waals surface area contributed by atoms with Gasteiger partial charge in [-0.3, -0.25) is 4.90 Å². The van der Waals surface area contributed by atoms with Gasteiger partial charge in [0.25, 0.3) is 0 Å². The molecule has 1 aliphatic heterocycles. The van der Waals surface area contributed by atoms with E-state index in [1.165, 1.54) is 23.1 Å². The van der Waals surface area contributed by atoms with Gasteiger partial charge in [-0.15, -0.1) is 0 Å². The quantitative estimate of drug-likeness (QED) is 0.260. The lowest BCUT2D eigenvalue weighted by Crippen LogP contribution is -2.38. The zero-order valence-corrected chi connectivity index (χ0v) is 25.8. The highest BCUT2D eigenvalue weighted by Crippen LogP contribution is 2.29. The molecule has 2 N–H and O–H groups in total. The Morgan fingerprint density at radius 3 is 2.31 bits per heavy atom. The molecule has 0 spiro atoms. The second-order valence-corrected chi connectivity index (χ2v) is 9.80. The smallest absolute Gasteiger partial charge is 0.136 e. The number of anilines is 3. The van der Waals surface area contributed by atoms with Crippen molar-refractivity contribution in [2.24, 2.45) is 0 Å². The number of H-pyrrole nitrogens is 1. The van der Waals surface area contributed by atoms with Crippen LogP contribution in [0, 0.1) is 13.8 Å². The van der Waals surface area contributed by atoms with Crippen molar-refractivity contribution in [1.29, 1.82) is 0 Å². The second kappa shape index (κ2) is 17.7. The maximum atomic E-state index is 6.23. The summed E-state index contributed by atoms with van der Waals surface area (Å²) in [5, 5.41) is 4.77. The first-order valence-corrected chi connectivity index (χ1v) is 15.0. The molecule has 0 atom stereocenters. The largest absolute Gasteiger partial charge is 0.492 e. The van der Waals surface area contributed by atoms with E-state index in [2.05, 4.69) is 85.9 Å². The van der Waals surface area contributed by atoms with Crippen molar-refractivity contribution < 1.29 is 9.47 Å². The number of pyridine rings is 1. The molecule has 0 radical (unpaired) electrons. The highest BCUT2D eigenvalue weighted by molar-refractivity contribution is 5.88. The van der Waals surface area contributed by atoms with Crippen LogP contribution in [0.4, 0.5) is 17.3 Å². The van der Waals surface area contributed by atoms with E-state index in [9.17, 15) is 0 Å². The third-order valence-electron chi connectivity index (χ3n) is 6.46. The van der Waals surface area contributed by atoms with Crippen molar-refractivity contribution in [3.63, 3.8) is 0 Å². The van der Waals surface area contributed by atoms with Crippen LogP contribution in [0.5, 0.6) is 5.75 Å². The zero-order valence-electron chi connectivity index (χ0n) is 25.8. The topological polar surface area (TPSA) is 65.7 Å². The van der Waals surface area contributed by atoms with E-state index in [1.54, 1.807) is 0 Å². The summed E-state index contributed by atoms with van der Waals surface area (Å²) < 4.78 is 11.7. The fourth-order valence-corrected chi connectivity index (χ4v) is 4.49. The van der Waals surface area contributed by atoms with Crippen LogP contribution in [0.2, 0.25) is 0 Å². The standard InChI is InChI=1S/C27H39N5O2.C3H8.C2H6/c1-5-9-32(10-6-2)27-19-23(34-16-13-31-11-14-33-15-12-31)18-26(30-27)29-22-7-8-25-24(17-22)20(3)21(4)28-25;1-3-2;1-2/h7-8,17-19,28H,5-6,9-16H2,1-4H3,(H,29,30);3H2,1-2H3;1-2H3. The molecule has 7 heteroatoms. The van der Waals surface area contributed by atoms with Gasteiger partial charge in [0.2, 0.25) is 0 Å². The maximum Gasteiger partial charge on any atom is 0.136 e. The average molecular weight is 540 g/mol. The van der Waals surface area contributed by atoms with Crippen LogP contribution in [-0.4, -0.2) is 67.4 Å². The lowest BCUT2D eigenvalue weighted by molar-refractivity contribution is 0.0322. The third kappa shape index (κ3) is 10.0. The number of fused-ring (bicyclic) bond motifs is 1. The predicted molar refractivity (Wildman–Crippen MR) is 168 cm³/mol. The minimum absolute atomic E-state index is 0.651. The third-order valence-corrected chi connectivity index (χ3v) is 6.46. The van der Waals surface area contributed by atoms with E-state index >= 15 is 0 Å². The summed E-state index contributed by atoms with van der Waals surface area (Å²) in [6, 6.07) is 10.5. The van der Waals surface area contributed by atoms with Gasteiger partial charge in [0.15, 0.2) is 0 Å². The highest BCUT2D eigenvalue weighted by Gasteiger charge is 2.14. The van der Waals surface area contributed by atoms with Crippen molar-refractivity contribution in [3.8, 4) is 5.75 Å². The van der Waals surface area contributed by atoms with E-state index in [0.29, 0.717) is 6.61 Å². The van der Waals surface area contributed by atoms with Crippen molar-refractivity contribution in [3.05, 3.63) is 41.6 Å². The summed E-state index contributed by atoms with van der Waals surface area (Å²) in [7, 11) is 0. The van der Waals surface area contributed by atoms with Crippen LogP contribution in [0.3, 0.4) is 0 Å². The number of benzene rings is 1. The minimum Gasteiger partial charge on any atom is -0.492 e. The number of hydrogen-bond donors (Lipinski definition) is 2. The van der Waals surface area contributed by atoms with Crippen molar-refractivity contribution in [2.45, 2.75) is 74.7 Å². The van der Waals surface area contributed by atoms with Crippen LogP contribution in [0.1, 0.15) is 72.1 Å². The highest BCUT2D eigenvalue weighted by atomic mass is 16.5. The van der Waals surface area contributed by atoms with Gasteiger partial charge in [-0.2, -0.15) is 0 Å². The molecule has 7 nitrogen and oxygen atoms in total. The molecule has 0 saturated carbocycles. The van der Waals surface area contributed by atoms with Gasteiger partial charge in [0.1, 0.15) is 24.0 Å². The number of hydrogen-bond acceptors (Lipinski definition) is 6. The predicted octanol–water partition coefficient (Wildman–Crippen LogP) is 7.70. The molecular formula is C32H53N5O2. The molecule has 0 unspecified atom stereocenters. The Morgan fingerprint density at radius 1 is 1.00 bits per heavy atom. The van der Waals surface area contributed by atoms with Gasteiger partial charge in [-0.1, -0.05) is 48.0 Å². The number of ether oxygens (including phenoxy) is 2. The van der Waals surface area contributed by atoms with Crippen LogP contribution in [0.25, 0.3) is 10.9 Å². The zero-order chi connectivity index (χ0) is 28.6. The van der Waals surface area contributed by atoms with Gasteiger partial charge >= 0.3 is 0 Å². The molecule has 1 aromatic carbocycles. The fourth-order valence-electron chi connectivity index (χ4n) is 4.49. The Morgan fingerprint density at radius 2 is 1.67 bits per heavy atom.